The largest absolute Gasteiger partial charge is 0.347 e. The number of hydrogen-bond donors (Lipinski definition) is 0. The second-order valence-corrected chi connectivity index (χ2v) is 5.33. The van der Waals surface area contributed by atoms with E-state index in [4.69, 9.17) is 0 Å². The third kappa shape index (κ3) is 2.73. The normalized spacial score (nSPS) is 11.8. The van der Waals surface area contributed by atoms with Gasteiger partial charge in [-0.1, -0.05) is 56.4 Å². The maximum atomic E-state index is 3.91. The van der Waals surface area contributed by atoms with E-state index in [9.17, 15) is 0 Å². The Kier molecular flexibility index (Phi) is 3.71. The smallest absolute Gasteiger partial charge is 0.0486 e. The van der Waals surface area contributed by atoms with Gasteiger partial charge >= 0.3 is 0 Å². The van der Waals surface area contributed by atoms with E-state index in [0.29, 0.717) is 5.92 Å². The second kappa shape index (κ2) is 5.26. The molecule has 0 spiro atoms. The van der Waals surface area contributed by atoms with Gasteiger partial charge in [-0.15, -0.1) is 0 Å². The molecule has 1 heterocycles. The van der Waals surface area contributed by atoms with Crippen LogP contribution in [0.3, 0.4) is 0 Å². The van der Waals surface area contributed by atoms with Gasteiger partial charge in [-0.05, 0) is 24.5 Å². The molecule has 0 amide bonds. The lowest BCUT2D eigenvalue weighted by molar-refractivity contribution is 0.535. The van der Waals surface area contributed by atoms with Gasteiger partial charge in [-0.25, -0.2) is 0 Å². The van der Waals surface area contributed by atoms with Crippen LogP contribution >= 0.6 is 0 Å². The lowest BCUT2D eigenvalue weighted by Gasteiger charge is -2.07. The summed E-state index contributed by atoms with van der Waals surface area (Å²) in [5.41, 5.74) is 3.66. The molecule has 94 valence electrons. The van der Waals surface area contributed by atoms with Gasteiger partial charge < -0.3 is 4.57 Å². The molecule has 0 aliphatic heterocycles. The molecule has 0 N–H and O–H groups in total. The molecule has 1 aromatic carbocycles. The summed E-state index contributed by atoms with van der Waals surface area (Å²) in [6.07, 6.45) is 6.47. The second-order valence-electron chi connectivity index (χ2n) is 5.33. The summed E-state index contributed by atoms with van der Waals surface area (Å²) >= 11 is 0. The van der Waals surface area contributed by atoms with Crippen molar-refractivity contribution in [3.05, 3.63) is 54.3 Å². The lowest BCUT2D eigenvalue weighted by Crippen LogP contribution is -2.02. The molecule has 0 aliphatic carbocycles. The fraction of sp³-hybridized carbons (Fsp3) is 0.294. The van der Waals surface area contributed by atoms with Crippen LogP contribution in [-0.2, 0) is 6.54 Å². The van der Waals surface area contributed by atoms with E-state index in [2.05, 4.69) is 67.6 Å². The van der Waals surface area contributed by atoms with Crippen molar-refractivity contribution in [3.8, 4) is 0 Å². The van der Waals surface area contributed by atoms with Gasteiger partial charge in [-0.2, -0.15) is 0 Å². The highest BCUT2D eigenvalue weighted by molar-refractivity contribution is 5.89. The Morgan fingerprint density at radius 2 is 2.06 bits per heavy atom. The van der Waals surface area contributed by atoms with Crippen LogP contribution in [0.1, 0.15) is 26.3 Å². The van der Waals surface area contributed by atoms with Crippen molar-refractivity contribution in [2.45, 2.75) is 27.3 Å². The molecule has 0 fully saturated rings. The van der Waals surface area contributed by atoms with Crippen LogP contribution in [0.2, 0.25) is 0 Å². The van der Waals surface area contributed by atoms with Crippen LogP contribution in [0.5, 0.6) is 0 Å². The maximum Gasteiger partial charge on any atom is 0.0486 e. The summed E-state index contributed by atoms with van der Waals surface area (Å²) in [5, 5.41) is 1.32. The van der Waals surface area contributed by atoms with Crippen molar-refractivity contribution in [2.24, 2.45) is 5.92 Å². The van der Waals surface area contributed by atoms with E-state index < -0.39 is 0 Å². The standard InChI is InChI=1S/C17H21N/c1-13(2)9-10-15-12-18(11-14(3)4)17-8-6-5-7-16(15)17/h5-10,12,14H,1,11H2,2-4H3/b10-9+. The predicted molar refractivity (Wildman–Crippen MR) is 80.6 cm³/mol. The Balaban J connectivity index is 2.50. The van der Waals surface area contributed by atoms with Gasteiger partial charge in [0.2, 0.25) is 0 Å². The lowest BCUT2D eigenvalue weighted by atomic mass is 10.1. The summed E-state index contributed by atoms with van der Waals surface area (Å²) in [6.45, 7) is 11.5. The molecule has 2 aromatic rings. The van der Waals surface area contributed by atoms with E-state index in [1.807, 2.05) is 6.92 Å². The van der Waals surface area contributed by atoms with Gasteiger partial charge in [-0.3, -0.25) is 0 Å². The predicted octanol–water partition coefficient (Wildman–Crippen LogP) is 4.89. The Bertz CT molecular complexity index is 585. The minimum absolute atomic E-state index is 0.652. The van der Waals surface area contributed by atoms with E-state index in [0.717, 1.165) is 12.1 Å². The van der Waals surface area contributed by atoms with Crippen LogP contribution in [-0.4, -0.2) is 4.57 Å². The molecule has 2 rings (SSSR count). The number of nitrogens with zero attached hydrogens (tertiary/aromatic N) is 1. The van der Waals surface area contributed by atoms with Crippen LogP contribution in [0.15, 0.2) is 48.7 Å². The zero-order chi connectivity index (χ0) is 13.1. The summed E-state index contributed by atoms with van der Waals surface area (Å²) in [5.74, 6) is 0.652. The molecule has 0 bridgehead atoms. The van der Waals surface area contributed by atoms with Crippen molar-refractivity contribution in [1.82, 2.24) is 4.57 Å². The molecular weight excluding hydrogens is 218 g/mol. The first-order chi connectivity index (χ1) is 8.58. The van der Waals surface area contributed by atoms with Crippen LogP contribution in [0.4, 0.5) is 0 Å². The zero-order valence-electron chi connectivity index (χ0n) is 11.5. The zero-order valence-corrected chi connectivity index (χ0v) is 11.5. The SMILES string of the molecule is C=C(C)/C=C/c1cn(CC(C)C)c2ccccc12. The highest BCUT2D eigenvalue weighted by Crippen LogP contribution is 2.23. The topological polar surface area (TPSA) is 4.93 Å². The summed E-state index contributed by atoms with van der Waals surface area (Å²) in [4.78, 5) is 0. The minimum Gasteiger partial charge on any atom is -0.347 e. The van der Waals surface area contributed by atoms with Crippen LogP contribution in [0, 0.1) is 5.92 Å². The first-order valence-electron chi connectivity index (χ1n) is 6.49. The van der Waals surface area contributed by atoms with Crippen LogP contribution < -0.4 is 0 Å². The van der Waals surface area contributed by atoms with E-state index in [1.54, 1.807) is 0 Å². The fourth-order valence-corrected chi connectivity index (χ4v) is 2.18. The van der Waals surface area contributed by atoms with Crippen molar-refractivity contribution < 1.29 is 0 Å². The van der Waals surface area contributed by atoms with Gasteiger partial charge in [0.15, 0.2) is 0 Å². The van der Waals surface area contributed by atoms with E-state index >= 15 is 0 Å². The molecular formula is C17H21N. The number of allylic oxidation sites excluding steroid dienone is 2. The van der Waals surface area contributed by atoms with E-state index in [1.165, 1.54) is 16.5 Å². The minimum atomic E-state index is 0.652. The Morgan fingerprint density at radius 1 is 1.33 bits per heavy atom. The number of aromatic nitrogens is 1. The maximum absolute atomic E-state index is 3.91. The molecule has 0 aliphatic rings. The molecule has 0 saturated heterocycles. The Labute approximate surface area is 109 Å². The highest BCUT2D eigenvalue weighted by atomic mass is 15.0. The summed E-state index contributed by atoms with van der Waals surface area (Å²) in [7, 11) is 0. The fourth-order valence-electron chi connectivity index (χ4n) is 2.18. The van der Waals surface area contributed by atoms with Crippen molar-refractivity contribution in [3.63, 3.8) is 0 Å². The van der Waals surface area contributed by atoms with Gasteiger partial charge in [0, 0.05) is 23.6 Å². The third-order valence-corrected chi connectivity index (χ3v) is 2.93. The number of fused-ring (bicyclic) bond motifs is 1. The molecule has 0 saturated carbocycles. The van der Waals surface area contributed by atoms with Crippen molar-refractivity contribution >= 4 is 17.0 Å². The highest BCUT2D eigenvalue weighted by Gasteiger charge is 2.06. The first-order valence-corrected chi connectivity index (χ1v) is 6.49. The third-order valence-electron chi connectivity index (χ3n) is 2.93. The number of hydrogen-bond acceptors (Lipinski definition) is 0. The number of rotatable bonds is 4. The monoisotopic (exact) mass is 239 g/mol. The molecule has 0 atom stereocenters. The molecule has 0 radical (unpaired) electrons. The Hall–Kier alpha value is -1.76. The molecule has 18 heavy (non-hydrogen) atoms. The number of benzene rings is 1. The average Bonchev–Trinajstić information content (AvgIpc) is 2.65. The Morgan fingerprint density at radius 3 is 2.72 bits per heavy atom. The first kappa shape index (κ1) is 12.7. The van der Waals surface area contributed by atoms with Gasteiger partial charge in [0.1, 0.15) is 0 Å². The van der Waals surface area contributed by atoms with Crippen LogP contribution in [0.25, 0.3) is 17.0 Å². The van der Waals surface area contributed by atoms with Gasteiger partial charge in [0.25, 0.3) is 0 Å². The molecule has 1 aromatic heterocycles. The number of para-hydroxylation sites is 1. The summed E-state index contributed by atoms with van der Waals surface area (Å²) in [6, 6.07) is 8.58. The van der Waals surface area contributed by atoms with Crippen molar-refractivity contribution in [1.29, 1.82) is 0 Å². The molecule has 1 nitrogen and oxygen atoms in total. The average molecular weight is 239 g/mol. The van der Waals surface area contributed by atoms with E-state index in [-0.39, 0.29) is 0 Å². The quantitative estimate of drug-likeness (QED) is 0.670. The van der Waals surface area contributed by atoms with Crippen molar-refractivity contribution in [2.75, 3.05) is 0 Å². The molecule has 0 unspecified atom stereocenters. The summed E-state index contributed by atoms with van der Waals surface area (Å²) < 4.78 is 2.35. The molecule has 1 heteroatoms. The van der Waals surface area contributed by atoms with Gasteiger partial charge in [0.05, 0.1) is 0 Å².